The monoisotopic (exact) mass is 275 g/mol. The summed E-state index contributed by atoms with van der Waals surface area (Å²) >= 11 is 5.72. The second-order valence-electron chi connectivity index (χ2n) is 3.71. The van der Waals surface area contributed by atoms with Crippen LogP contribution in [0, 0.1) is 0 Å². The number of fused-ring (bicyclic) bond motifs is 1. The van der Waals surface area contributed by atoms with Crippen LogP contribution in [0.25, 0.3) is 11.1 Å². The molecule has 5 nitrogen and oxygen atoms in total. The number of hydrogen-bond donors (Lipinski definition) is 1. The molecule has 0 saturated carbocycles. The van der Waals surface area contributed by atoms with Gasteiger partial charge in [0.15, 0.2) is 0 Å². The third-order valence-corrected chi connectivity index (χ3v) is 2.56. The third-order valence-electron chi connectivity index (χ3n) is 2.45. The van der Waals surface area contributed by atoms with Crippen molar-refractivity contribution in [1.82, 2.24) is 14.8 Å². The van der Waals surface area contributed by atoms with E-state index in [2.05, 4.69) is 23.4 Å². The van der Waals surface area contributed by atoms with E-state index in [0.29, 0.717) is 21.8 Å². The van der Waals surface area contributed by atoms with E-state index in [9.17, 15) is 4.79 Å². The topological polar surface area (TPSA) is 67.5 Å². The minimum absolute atomic E-state index is 0.102. The molecule has 6 heteroatoms. The average molecular weight is 276 g/mol. The first-order valence-corrected chi connectivity index (χ1v) is 5.68. The molecule has 1 N–H and O–H groups in total. The molecule has 19 heavy (non-hydrogen) atoms. The summed E-state index contributed by atoms with van der Waals surface area (Å²) in [5, 5.41) is 17.4. The molecule has 0 aliphatic rings. The normalized spacial score (nSPS) is 11.5. The Kier molecular flexibility index (Phi) is 3.48. The maximum Gasteiger partial charge on any atom is 0.339 e. The first-order valence-electron chi connectivity index (χ1n) is 5.30. The van der Waals surface area contributed by atoms with Crippen LogP contribution < -0.4 is 0 Å². The molecule has 2 aromatic heterocycles. The van der Waals surface area contributed by atoms with E-state index < -0.39 is 5.97 Å². The van der Waals surface area contributed by atoms with Crippen molar-refractivity contribution >= 4 is 28.7 Å². The Hall–Kier alpha value is -2.40. The first-order chi connectivity index (χ1) is 9.02. The Morgan fingerprint density at radius 1 is 1.47 bits per heavy atom. The molecule has 96 valence electrons. The van der Waals surface area contributed by atoms with Gasteiger partial charge in [-0.05, 0) is 18.2 Å². The van der Waals surface area contributed by atoms with Crippen LogP contribution in [0.4, 0.5) is 0 Å². The molecule has 0 aliphatic carbocycles. The lowest BCUT2D eigenvalue weighted by atomic mass is 10.1. The number of nitrogens with zero attached hydrogens (tertiary/aromatic N) is 3. The third kappa shape index (κ3) is 2.56. The zero-order chi connectivity index (χ0) is 14.0. The lowest BCUT2D eigenvalue weighted by Gasteiger charge is -2.02. The summed E-state index contributed by atoms with van der Waals surface area (Å²) < 4.78 is 1.26. The first kappa shape index (κ1) is 13.0. The number of carbonyl (C=O) groups is 1. The highest BCUT2D eigenvalue weighted by molar-refractivity contribution is 6.31. The van der Waals surface area contributed by atoms with Gasteiger partial charge in [-0.15, -0.1) is 5.10 Å². The van der Waals surface area contributed by atoms with E-state index in [1.165, 1.54) is 10.8 Å². The van der Waals surface area contributed by atoms with Gasteiger partial charge < -0.3 is 5.11 Å². The highest BCUT2D eigenvalue weighted by Crippen LogP contribution is 2.18. The summed E-state index contributed by atoms with van der Waals surface area (Å²) in [5.74, 6) is -1.04. The fourth-order valence-corrected chi connectivity index (χ4v) is 1.72. The number of carboxylic acid groups (broad SMARTS) is 1. The zero-order valence-electron chi connectivity index (χ0n) is 9.88. The van der Waals surface area contributed by atoms with Gasteiger partial charge in [-0.25, -0.2) is 4.79 Å². The van der Waals surface area contributed by atoms with Crippen LogP contribution in [-0.4, -0.2) is 25.9 Å². The Balaban J connectivity index is 2.56. The predicted molar refractivity (Wildman–Crippen MR) is 73.1 cm³/mol. The molecule has 2 aromatic rings. The van der Waals surface area contributed by atoms with Gasteiger partial charge in [0, 0.05) is 10.6 Å². The number of aromatic nitrogens is 3. The number of hydrogen-bond acceptors (Lipinski definition) is 3. The summed E-state index contributed by atoms with van der Waals surface area (Å²) in [7, 11) is 0. The molecule has 0 bridgehead atoms. The number of carboxylic acids is 1. The molecular weight excluding hydrogens is 266 g/mol. The minimum Gasteiger partial charge on any atom is -0.478 e. The lowest BCUT2D eigenvalue weighted by molar-refractivity contribution is 0.0699. The quantitative estimate of drug-likeness (QED) is 0.871. The van der Waals surface area contributed by atoms with Crippen LogP contribution in [0.3, 0.4) is 0 Å². The van der Waals surface area contributed by atoms with Crippen LogP contribution in [0.15, 0.2) is 48.7 Å². The summed E-state index contributed by atoms with van der Waals surface area (Å²) in [6.07, 6.45) is 4.46. The van der Waals surface area contributed by atoms with E-state index in [4.69, 9.17) is 16.7 Å². The fourth-order valence-electron chi connectivity index (χ4n) is 1.60. The zero-order valence-corrected chi connectivity index (χ0v) is 10.6. The van der Waals surface area contributed by atoms with Crippen molar-refractivity contribution in [1.29, 1.82) is 0 Å². The second kappa shape index (κ2) is 5.07. The van der Waals surface area contributed by atoms with Gasteiger partial charge >= 0.3 is 5.97 Å². The highest BCUT2D eigenvalue weighted by Gasteiger charge is 2.12. The van der Waals surface area contributed by atoms with Crippen LogP contribution in [0.5, 0.6) is 0 Å². The molecule has 0 unspecified atom stereocenters. The highest BCUT2D eigenvalue weighted by atomic mass is 35.5. The van der Waals surface area contributed by atoms with Crippen LogP contribution >= 0.6 is 11.6 Å². The van der Waals surface area contributed by atoms with Crippen molar-refractivity contribution in [2.45, 2.75) is 0 Å². The van der Waals surface area contributed by atoms with Crippen LogP contribution in [0.1, 0.15) is 16.1 Å². The van der Waals surface area contributed by atoms with Gasteiger partial charge in [-0.2, -0.15) is 9.73 Å². The van der Waals surface area contributed by atoms with Crippen molar-refractivity contribution < 1.29 is 9.90 Å². The molecular formula is C13H10ClN3O2. The predicted octanol–water partition coefficient (Wildman–Crippen LogP) is 2.75. The minimum atomic E-state index is -1.04. The summed E-state index contributed by atoms with van der Waals surface area (Å²) in [4.78, 5) is 11.0. The molecule has 2 heterocycles. The SMILES string of the molecule is C=C/C(=C\C(=C)Cl)c1ccc2c(C(=O)O)cnn2n1. The standard InChI is InChI=1S/C13H10ClN3O2/c1-3-9(6-8(2)14)11-4-5-12-10(13(18)19)7-15-17(12)16-11/h3-7H,1-2H2,(H,18,19)/b9-6+. The summed E-state index contributed by atoms with van der Waals surface area (Å²) in [6.45, 7) is 7.24. The van der Waals surface area contributed by atoms with Gasteiger partial charge in [-0.1, -0.05) is 30.8 Å². The average Bonchev–Trinajstić information content (AvgIpc) is 2.78. The fraction of sp³-hybridized carbons (Fsp3) is 0. The molecule has 0 spiro atoms. The number of allylic oxidation sites excluding steroid dienone is 4. The van der Waals surface area contributed by atoms with Crippen LogP contribution in [-0.2, 0) is 0 Å². The van der Waals surface area contributed by atoms with E-state index in [-0.39, 0.29) is 5.56 Å². The molecule has 0 saturated heterocycles. The Labute approximate surface area is 114 Å². The second-order valence-corrected chi connectivity index (χ2v) is 4.19. The van der Waals surface area contributed by atoms with Crippen LogP contribution in [0.2, 0.25) is 0 Å². The molecule has 0 aliphatic heterocycles. The van der Waals surface area contributed by atoms with Gasteiger partial charge in [0.05, 0.1) is 11.9 Å². The maximum absolute atomic E-state index is 11.0. The Morgan fingerprint density at radius 3 is 2.79 bits per heavy atom. The number of rotatable bonds is 4. The lowest BCUT2D eigenvalue weighted by Crippen LogP contribution is -2.00. The summed E-state index contributed by atoms with van der Waals surface area (Å²) in [6, 6.07) is 3.31. The molecule has 2 rings (SSSR count). The van der Waals surface area contributed by atoms with E-state index in [1.54, 1.807) is 24.3 Å². The van der Waals surface area contributed by atoms with Crippen molar-refractivity contribution in [3.63, 3.8) is 0 Å². The van der Waals surface area contributed by atoms with Gasteiger partial charge in [0.2, 0.25) is 0 Å². The smallest absolute Gasteiger partial charge is 0.339 e. The number of halogens is 1. The molecule has 0 atom stereocenters. The largest absolute Gasteiger partial charge is 0.478 e. The molecule has 0 fully saturated rings. The van der Waals surface area contributed by atoms with Gasteiger partial charge in [0.25, 0.3) is 0 Å². The Morgan fingerprint density at radius 2 is 2.21 bits per heavy atom. The van der Waals surface area contributed by atoms with E-state index in [0.717, 1.165) is 0 Å². The number of aromatic carboxylic acids is 1. The van der Waals surface area contributed by atoms with E-state index in [1.807, 2.05) is 0 Å². The van der Waals surface area contributed by atoms with E-state index >= 15 is 0 Å². The van der Waals surface area contributed by atoms with Crippen molar-refractivity contribution in [2.75, 3.05) is 0 Å². The molecule has 0 aromatic carbocycles. The Bertz CT molecular complexity index is 716. The molecule has 0 radical (unpaired) electrons. The molecule has 0 amide bonds. The van der Waals surface area contributed by atoms with Crippen molar-refractivity contribution in [3.8, 4) is 0 Å². The van der Waals surface area contributed by atoms with Gasteiger partial charge in [-0.3, -0.25) is 0 Å². The van der Waals surface area contributed by atoms with Gasteiger partial charge in [0.1, 0.15) is 11.1 Å². The maximum atomic E-state index is 11.0. The van der Waals surface area contributed by atoms with Crippen molar-refractivity contribution in [2.24, 2.45) is 0 Å². The van der Waals surface area contributed by atoms with Crippen molar-refractivity contribution in [3.05, 3.63) is 59.9 Å². The summed E-state index contributed by atoms with van der Waals surface area (Å²) in [5.41, 5.74) is 1.77.